The number of hydrogen-bond donors (Lipinski definition) is 0. The Morgan fingerprint density at radius 3 is 2.16 bits per heavy atom. The van der Waals surface area contributed by atoms with Crippen molar-refractivity contribution in [2.45, 2.75) is 6.54 Å². The average molecular weight is 282 g/mol. The zero-order chi connectivity index (χ0) is 13.8. The summed E-state index contributed by atoms with van der Waals surface area (Å²) in [5.74, 6) is -1.97. The van der Waals surface area contributed by atoms with E-state index in [1.807, 2.05) is 0 Å². The first-order valence-corrected chi connectivity index (χ1v) is 5.89. The summed E-state index contributed by atoms with van der Waals surface area (Å²) in [6.45, 7) is -0.339. The van der Waals surface area contributed by atoms with E-state index in [9.17, 15) is 13.6 Å². The molecule has 0 aliphatic rings. The minimum Gasteiger partial charge on any atom is -0.268 e. The zero-order valence-corrected chi connectivity index (χ0v) is 10.6. The van der Waals surface area contributed by atoms with Gasteiger partial charge in [-0.25, -0.2) is 13.2 Å². The molecular weight excluding hydrogens is 272 g/mol. The summed E-state index contributed by atoms with van der Waals surface area (Å²) in [6, 6.07) is 11.8. The Balaban J connectivity index is 2.18. The van der Waals surface area contributed by atoms with Crippen molar-refractivity contribution in [2.75, 3.05) is 0 Å². The highest BCUT2D eigenvalue weighted by atomic mass is 35.5. The molecule has 19 heavy (non-hydrogen) atoms. The van der Waals surface area contributed by atoms with Crippen LogP contribution in [0.4, 0.5) is 8.78 Å². The van der Waals surface area contributed by atoms with Crippen molar-refractivity contribution in [2.24, 2.45) is 0 Å². The predicted octanol–water partition coefficient (Wildman–Crippen LogP) is 3.76. The Morgan fingerprint density at radius 1 is 1.00 bits per heavy atom. The summed E-state index contributed by atoms with van der Waals surface area (Å²) in [5, 5.41) is 0. The normalized spacial score (nSPS) is 10.3. The fourth-order valence-corrected chi connectivity index (χ4v) is 1.83. The first kappa shape index (κ1) is 13.5. The van der Waals surface area contributed by atoms with E-state index in [2.05, 4.69) is 0 Å². The Morgan fingerprint density at radius 2 is 1.58 bits per heavy atom. The molecule has 2 aromatic carbocycles. The van der Waals surface area contributed by atoms with Crippen LogP contribution in [0, 0.1) is 11.6 Å². The van der Waals surface area contributed by atoms with Crippen LogP contribution in [0.15, 0.2) is 48.5 Å². The van der Waals surface area contributed by atoms with Crippen LogP contribution in [-0.2, 0) is 6.54 Å². The molecule has 0 fully saturated rings. The van der Waals surface area contributed by atoms with Gasteiger partial charge in [-0.15, -0.1) is 0 Å². The highest BCUT2D eigenvalue weighted by molar-refractivity contribution is 6.23. The average Bonchev–Trinajstić information content (AvgIpc) is 2.43. The van der Waals surface area contributed by atoms with E-state index >= 15 is 0 Å². The van der Waals surface area contributed by atoms with E-state index in [0.29, 0.717) is 5.56 Å². The first-order valence-electron chi connectivity index (χ1n) is 5.55. The lowest BCUT2D eigenvalue weighted by molar-refractivity contribution is 0.0855. The van der Waals surface area contributed by atoms with Gasteiger partial charge in [0.2, 0.25) is 0 Å². The maximum atomic E-state index is 13.4. The molecule has 0 saturated heterocycles. The maximum absolute atomic E-state index is 13.4. The molecule has 0 N–H and O–H groups in total. The molecular formula is C14H10ClF2NO. The predicted molar refractivity (Wildman–Crippen MR) is 68.5 cm³/mol. The lowest BCUT2D eigenvalue weighted by Crippen LogP contribution is -2.22. The van der Waals surface area contributed by atoms with Crippen molar-refractivity contribution in [1.82, 2.24) is 4.42 Å². The fourth-order valence-electron chi connectivity index (χ4n) is 1.61. The van der Waals surface area contributed by atoms with Crippen molar-refractivity contribution in [3.8, 4) is 0 Å². The Labute approximate surface area is 114 Å². The minimum absolute atomic E-state index is 0.234. The molecule has 98 valence electrons. The molecule has 0 aliphatic heterocycles. The summed E-state index contributed by atoms with van der Waals surface area (Å²) in [4.78, 5) is 11.9. The minimum atomic E-state index is -0.730. The van der Waals surface area contributed by atoms with E-state index in [0.717, 1.165) is 16.6 Å². The maximum Gasteiger partial charge on any atom is 0.268 e. The molecule has 0 radical (unpaired) electrons. The van der Waals surface area contributed by atoms with Crippen LogP contribution in [0.2, 0.25) is 0 Å². The molecule has 0 bridgehead atoms. The Bertz CT molecular complexity index is 569. The molecule has 0 aromatic heterocycles. The SMILES string of the molecule is O=C(c1ccccc1)N(Cl)Cc1c(F)cccc1F. The third kappa shape index (κ3) is 3.09. The molecule has 0 aliphatic carbocycles. The van der Waals surface area contributed by atoms with Gasteiger partial charge in [-0.3, -0.25) is 4.79 Å². The number of carbonyl (C=O) groups is 1. The molecule has 1 amide bonds. The second kappa shape index (κ2) is 5.80. The van der Waals surface area contributed by atoms with Gasteiger partial charge in [-0.1, -0.05) is 24.3 Å². The molecule has 2 nitrogen and oxygen atoms in total. The topological polar surface area (TPSA) is 20.3 Å². The number of halogens is 3. The van der Waals surface area contributed by atoms with E-state index < -0.39 is 17.5 Å². The van der Waals surface area contributed by atoms with Gasteiger partial charge in [0.25, 0.3) is 5.91 Å². The molecule has 0 atom stereocenters. The number of amides is 1. The molecule has 0 saturated carbocycles. The molecule has 2 rings (SSSR count). The summed E-state index contributed by atoms with van der Waals surface area (Å²) in [6.07, 6.45) is 0. The van der Waals surface area contributed by atoms with E-state index in [4.69, 9.17) is 11.8 Å². The van der Waals surface area contributed by atoms with Crippen LogP contribution in [0.5, 0.6) is 0 Å². The lowest BCUT2D eigenvalue weighted by atomic mass is 10.1. The van der Waals surface area contributed by atoms with Gasteiger partial charge in [-0.2, -0.15) is 0 Å². The van der Waals surface area contributed by atoms with E-state index in [-0.39, 0.29) is 12.1 Å². The monoisotopic (exact) mass is 281 g/mol. The standard InChI is InChI=1S/C14H10ClF2NO/c15-18(14(19)10-5-2-1-3-6-10)9-11-12(16)7-4-8-13(11)17/h1-8H,9H2. The van der Waals surface area contributed by atoms with Crippen molar-refractivity contribution in [1.29, 1.82) is 0 Å². The fraction of sp³-hybridized carbons (Fsp3) is 0.0714. The Kier molecular flexibility index (Phi) is 4.12. The van der Waals surface area contributed by atoms with Crippen molar-refractivity contribution >= 4 is 17.7 Å². The van der Waals surface area contributed by atoms with Crippen LogP contribution in [0.3, 0.4) is 0 Å². The largest absolute Gasteiger partial charge is 0.268 e. The number of rotatable bonds is 3. The van der Waals surface area contributed by atoms with Crippen LogP contribution >= 0.6 is 11.8 Å². The van der Waals surface area contributed by atoms with E-state index in [1.165, 1.54) is 6.07 Å². The summed E-state index contributed by atoms with van der Waals surface area (Å²) < 4.78 is 27.6. The smallest absolute Gasteiger partial charge is 0.268 e. The van der Waals surface area contributed by atoms with Crippen molar-refractivity contribution in [3.05, 3.63) is 71.3 Å². The highest BCUT2D eigenvalue weighted by Gasteiger charge is 2.17. The summed E-state index contributed by atoms with van der Waals surface area (Å²) in [7, 11) is 0. The van der Waals surface area contributed by atoms with E-state index in [1.54, 1.807) is 30.3 Å². The quantitative estimate of drug-likeness (QED) is 0.785. The molecule has 5 heteroatoms. The number of hydrogen-bond acceptors (Lipinski definition) is 1. The van der Waals surface area contributed by atoms with Gasteiger partial charge < -0.3 is 0 Å². The number of carbonyl (C=O) groups excluding carboxylic acids is 1. The van der Waals surface area contributed by atoms with Crippen molar-refractivity contribution < 1.29 is 13.6 Å². The van der Waals surface area contributed by atoms with Gasteiger partial charge >= 0.3 is 0 Å². The van der Waals surface area contributed by atoms with Gasteiger partial charge in [0, 0.05) is 22.9 Å². The van der Waals surface area contributed by atoms with Crippen molar-refractivity contribution in [3.63, 3.8) is 0 Å². The van der Waals surface area contributed by atoms with Gasteiger partial charge in [0.05, 0.1) is 6.54 Å². The second-order valence-electron chi connectivity index (χ2n) is 3.89. The van der Waals surface area contributed by atoms with Crippen LogP contribution in [0.25, 0.3) is 0 Å². The molecule has 0 unspecified atom stereocenters. The molecule has 0 heterocycles. The first-order chi connectivity index (χ1) is 9.09. The summed E-state index contributed by atoms with van der Waals surface area (Å²) in [5.41, 5.74) is 0.121. The Hall–Kier alpha value is -1.94. The van der Waals surface area contributed by atoms with Crippen LogP contribution in [-0.4, -0.2) is 10.3 Å². The second-order valence-corrected chi connectivity index (χ2v) is 4.30. The summed E-state index contributed by atoms with van der Waals surface area (Å²) >= 11 is 5.79. The third-order valence-electron chi connectivity index (χ3n) is 2.60. The highest BCUT2D eigenvalue weighted by Crippen LogP contribution is 2.17. The molecule has 0 spiro atoms. The molecule has 2 aromatic rings. The van der Waals surface area contributed by atoms with Gasteiger partial charge in [0.1, 0.15) is 11.6 Å². The van der Waals surface area contributed by atoms with Crippen LogP contribution < -0.4 is 0 Å². The van der Waals surface area contributed by atoms with Crippen LogP contribution in [0.1, 0.15) is 15.9 Å². The zero-order valence-electron chi connectivity index (χ0n) is 9.82. The number of benzene rings is 2. The number of nitrogens with zero attached hydrogens (tertiary/aromatic N) is 1. The third-order valence-corrected chi connectivity index (χ3v) is 2.87. The lowest BCUT2D eigenvalue weighted by Gasteiger charge is -2.15. The van der Waals surface area contributed by atoms with Gasteiger partial charge in [-0.05, 0) is 24.3 Å². The van der Waals surface area contributed by atoms with Gasteiger partial charge in [0.15, 0.2) is 0 Å².